The molecule has 188 valence electrons. The SMILES string of the molecule is COc1cc2ccccc2cc1C(=O)N/N=C\c1c(OCc2cccc([N+](=O)[O-])c2)ccc2ccccc12. The highest BCUT2D eigenvalue weighted by atomic mass is 16.6. The van der Waals surface area contributed by atoms with Crippen molar-refractivity contribution >= 4 is 39.4 Å². The van der Waals surface area contributed by atoms with Crippen molar-refractivity contribution < 1.29 is 19.2 Å². The van der Waals surface area contributed by atoms with Crippen LogP contribution in [-0.2, 0) is 6.61 Å². The molecule has 0 unspecified atom stereocenters. The van der Waals surface area contributed by atoms with Crippen molar-refractivity contribution in [1.82, 2.24) is 5.43 Å². The fourth-order valence-electron chi connectivity index (χ4n) is 4.24. The lowest BCUT2D eigenvalue weighted by Crippen LogP contribution is -2.18. The highest BCUT2D eigenvalue weighted by Crippen LogP contribution is 2.28. The molecule has 0 radical (unpaired) electrons. The summed E-state index contributed by atoms with van der Waals surface area (Å²) in [6, 6.07) is 29.1. The number of nitro groups is 1. The molecule has 0 saturated heterocycles. The molecule has 5 aromatic carbocycles. The van der Waals surface area contributed by atoms with Crippen LogP contribution in [-0.4, -0.2) is 24.2 Å². The average molecular weight is 506 g/mol. The molecule has 1 amide bonds. The van der Waals surface area contributed by atoms with Gasteiger partial charge in [0, 0.05) is 17.7 Å². The van der Waals surface area contributed by atoms with Crippen LogP contribution in [0, 0.1) is 10.1 Å². The van der Waals surface area contributed by atoms with Crippen molar-refractivity contribution in [1.29, 1.82) is 0 Å². The Morgan fingerprint density at radius 1 is 0.895 bits per heavy atom. The second-order valence-electron chi connectivity index (χ2n) is 8.51. The van der Waals surface area contributed by atoms with E-state index in [2.05, 4.69) is 10.5 Å². The Hall–Kier alpha value is -5.24. The summed E-state index contributed by atoms with van der Waals surface area (Å²) in [5.74, 6) is 0.558. The molecule has 0 aliphatic heterocycles. The first-order valence-corrected chi connectivity index (χ1v) is 11.8. The van der Waals surface area contributed by atoms with Crippen molar-refractivity contribution in [2.75, 3.05) is 7.11 Å². The van der Waals surface area contributed by atoms with Crippen molar-refractivity contribution in [2.24, 2.45) is 5.10 Å². The van der Waals surface area contributed by atoms with Gasteiger partial charge in [-0.3, -0.25) is 14.9 Å². The number of fused-ring (bicyclic) bond motifs is 2. The van der Waals surface area contributed by atoms with E-state index >= 15 is 0 Å². The fourth-order valence-corrected chi connectivity index (χ4v) is 4.24. The number of benzene rings is 5. The summed E-state index contributed by atoms with van der Waals surface area (Å²) in [7, 11) is 1.52. The Kier molecular flexibility index (Phi) is 6.95. The molecular formula is C30H23N3O5. The van der Waals surface area contributed by atoms with E-state index in [0.29, 0.717) is 28.2 Å². The van der Waals surface area contributed by atoms with Crippen LogP contribution in [0.5, 0.6) is 11.5 Å². The van der Waals surface area contributed by atoms with Crippen molar-refractivity contribution in [2.45, 2.75) is 6.61 Å². The summed E-state index contributed by atoms with van der Waals surface area (Å²) in [6.45, 7) is 0.126. The van der Waals surface area contributed by atoms with Crippen molar-refractivity contribution in [3.63, 3.8) is 0 Å². The predicted molar refractivity (Wildman–Crippen MR) is 147 cm³/mol. The monoisotopic (exact) mass is 505 g/mol. The van der Waals surface area contributed by atoms with Crippen LogP contribution in [0.3, 0.4) is 0 Å². The van der Waals surface area contributed by atoms with Gasteiger partial charge in [0.25, 0.3) is 11.6 Å². The first-order chi connectivity index (χ1) is 18.5. The largest absolute Gasteiger partial charge is 0.496 e. The molecule has 5 aromatic rings. The van der Waals surface area contributed by atoms with Gasteiger partial charge in [0.15, 0.2) is 0 Å². The summed E-state index contributed by atoms with van der Waals surface area (Å²) >= 11 is 0. The average Bonchev–Trinajstić information content (AvgIpc) is 2.95. The maximum absolute atomic E-state index is 13.0. The molecule has 8 heteroatoms. The van der Waals surface area contributed by atoms with Crippen LogP contribution in [0.1, 0.15) is 21.5 Å². The lowest BCUT2D eigenvalue weighted by molar-refractivity contribution is -0.384. The van der Waals surface area contributed by atoms with Crippen LogP contribution in [0.2, 0.25) is 0 Å². The predicted octanol–water partition coefficient (Wildman–Crippen LogP) is 6.25. The Labute approximate surface area is 218 Å². The smallest absolute Gasteiger partial charge is 0.275 e. The van der Waals surface area contributed by atoms with Crippen LogP contribution in [0.15, 0.2) is 102 Å². The molecule has 38 heavy (non-hydrogen) atoms. The summed E-state index contributed by atoms with van der Waals surface area (Å²) in [4.78, 5) is 23.7. The third kappa shape index (κ3) is 5.15. The van der Waals surface area contributed by atoms with Crippen molar-refractivity contribution in [3.8, 4) is 11.5 Å². The van der Waals surface area contributed by atoms with Gasteiger partial charge >= 0.3 is 0 Å². The number of ether oxygens (including phenoxy) is 2. The summed E-state index contributed by atoms with van der Waals surface area (Å²) < 4.78 is 11.5. The molecule has 8 nitrogen and oxygen atoms in total. The number of carbonyl (C=O) groups excluding carboxylic acids is 1. The van der Waals surface area contributed by atoms with Crippen LogP contribution in [0.4, 0.5) is 5.69 Å². The summed E-state index contributed by atoms with van der Waals surface area (Å²) in [6.07, 6.45) is 1.54. The quantitative estimate of drug-likeness (QED) is 0.152. The lowest BCUT2D eigenvalue weighted by Gasteiger charge is -2.12. The molecule has 0 aromatic heterocycles. The maximum atomic E-state index is 13.0. The second kappa shape index (κ2) is 10.8. The molecular weight excluding hydrogens is 482 g/mol. The number of nitro benzene ring substituents is 1. The number of non-ortho nitro benzene ring substituents is 1. The van der Waals surface area contributed by atoms with E-state index in [1.165, 1.54) is 25.5 Å². The van der Waals surface area contributed by atoms with E-state index in [-0.39, 0.29) is 12.3 Å². The Morgan fingerprint density at radius 3 is 2.39 bits per heavy atom. The van der Waals surface area contributed by atoms with Crippen LogP contribution < -0.4 is 14.9 Å². The molecule has 0 atom stereocenters. The minimum Gasteiger partial charge on any atom is -0.496 e. The molecule has 5 rings (SSSR count). The molecule has 0 saturated carbocycles. The van der Waals surface area contributed by atoms with Gasteiger partial charge < -0.3 is 9.47 Å². The third-order valence-corrected chi connectivity index (χ3v) is 6.12. The summed E-state index contributed by atoms with van der Waals surface area (Å²) in [5, 5.41) is 19.1. The van der Waals surface area contributed by atoms with Gasteiger partial charge in [-0.1, -0.05) is 66.7 Å². The maximum Gasteiger partial charge on any atom is 0.275 e. The molecule has 0 spiro atoms. The molecule has 0 fully saturated rings. The fraction of sp³-hybridized carbons (Fsp3) is 0.0667. The van der Waals surface area contributed by atoms with E-state index in [1.807, 2.05) is 66.7 Å². The zero-order chi connectivity index (χ0) is 26.5. The van der Waals surface area contributed by atoms with E-state index in [0.717, 1.165) is 21.5 Å². The highest BCUT2D eigenvalue weighted by Gasteiger charge is 2.14. The molecule has 0 aliphatic carbocycles. The number of hydrogen-bond donors (Lipinski definition) is 1. The van der Waals surface area contributed by atoms with E-state index in [1.54, 1.807) is 18.2 Å². The van der Waals surface area contributed by atoms with E-state index < -0.39 is 10.8 Å². The Bertz CT molecular complexity index is 1700. The summed E-state index contributed by atoms with van der Waals surface area (Å²) in [5.41, 5.74) is 4.28. The van der Waals surface area contributed by atoms with Crippen LogP contribution >= 0.6 is 0 Å². The standard InChI is InChI=1S/C30H23N3O5/c1-37-29-17-23-10-3-2-9-22(23)16-26(29)30(34)32-31-18-27-25-12-5-4-8-21(25)13-14-28(27)38-19-20-7-6-11-24(15-20)33(35)36/h2-18H,19H2,1H3,(H,32,34)/b31-18-. The molecule has 0 heterocycles. The number of methoxy groups -OCH3 is 1. The molecule has 0 bridgehead atoms. The van der Waals surface area contributed by atoms with Crippen molar-refractivity contribution in [3.05, 3.63) is 124 Å². The van der Waals surface area contributed by atoms with Gasteiger partial charge in [-0.2, -0.15) is 5.10 Å². The first kappa shape index (κ1) is 24.5. The van der Waals surface area contributed by atoms with Gasteiger partial charge in [0.05, 0.1) is 23.8 Å². The number of nitrogens with one attached hydrogen (secondary N) is 1. The highest BCUT2D eigenvalue weighted by molar-refractivity contribution is 6.04. The minimum atomic E-state index is -0.440. The number of amides is 1. The Morgan fingerprint density at radius 2 is 1.63 bits per heavy atom. The third-order valence-electron chi connectivity index (χ3n) is 6.12. The number of rotatable bonds is 8. The zero-order valence-electron chi connectivity index (χ0n) is 20.5. The topological polar surface area (TPSA) is 103 Å². The number of hydrazone groups is 1. The molecule has 0 aliphatic rings. The van der Waals surface area contributed by atoms with Gasteiger partial charge in [0.1, 0.15) is 18.1 Å². The number of carbonyl (C=O) groups is 1. The molecule has 1 N–H and O–H groups in total. The Balaban J connectivity index is 1.41. The number of hydrogen-bond acceptors (Lipinski definition) is 6. The normalized spacial score (nSPS) is 11.1. The van der Waals surface area contributed by atoms with Gasteiger partial charge in [0.2, 0.25) is 0 Å². The van der Waals surface area contributed by atoms with Crippen LogP contribution in [0.25, 0.3) is 21.5 Å². The zero-order valence-corrected chi connectivity index (χ0v) is 20.5. The van der Waals surface area contributed by atoms with E-state index in [4.69, 9.17) is 9.47 Å². The van der Waals surface area contributed by atoms with Gasteiger partial charge in [-0.25, -0.2) is 5.43 Å². The lowest BCUT2D eigenvalue weighted by atomic mass is 10.0. The van der Waals surface area contributed by atoms with Gasteiger partial charge in [-0.15, -0.1) is 0 Å². The minimum absolute atomic E-state index is 0.00164. The number of nitrogens with zero attached hydrogens (tertiary/aromatic N) is 2. The first-order valence-electron chi connectivity index (χ1n) is 11.8. The second-order valence-corrected chi connectivity index (χ2v) is 8.51. The van der Waals surface area contributed by atoms with E-state index in [9.17, 15) is 14.9 Å². The van der Waals surface area contributed by atoms with Gasteiger partial charge in [-0.05, 0) is 45.3 Å².